The predicted molar refractivity (Wildman–Crippen MR) is 98.9 cm³/mol. The van der Waals surface area contributed by atoms with E-state index in [1.54, 1.807) is 0 Å². The van der Waals surface area contributed by atoms with Crippen molar-refractivity contribution in [3.63, 3.8) is 0 Å². The van der Waals surface area contributed by atoms with Crippen LogP contribution in [0.25, 0.3) is 0 Å². The lowest BCUT2D eigenvalue weighted by molar-refractivity contribution is -0.166. The normalized spacial score (nSPS) is 14.5. The van der Waals surface area contributed by atoms with Gasteiger partial charge in [-0.25, -0.2) is 0 Å². The highest BCUT2D eigenvalue weighted by atomic mass is 19.4. The largest absolute Gasteiger partial charge is 0.496 e. The number of alkyl halides is 3. The summed E-state index contributed by atoms with van der Waals surface area (Å²) < 4.78 is 49.1. The molecule has 29 heavy (non-hydrogen) atoms. The fourth-order valence-corrected chi connectivity index (χ4v) is 3.08. The molecule has 9 heteroatoms. The van der Waals surface area contributed by atoms with Crippen molar-refractivity contribution in [1.82, 2.24) is 0 Å². The number of esters is 1. The standard InChI is InChI=1S/C20H25F3N2O4/c1-28-17-13-14(19(24-25-19)20(21,22)23)11-12-15(17)16(26)9-7-5-3-4-6-8-10-18(27)29-2/h11-13H,3-10H2,1-2H3. The topological polar surface area (TPSA) is 77.3 Å². The second-order valence-corrected chi connectivity index (χ2v) is 6.91. The monoisotopic (exact) mass is 414 g/mol. The van der Waals surface area contributed by atoms with Crippen LogP contribution in [0.4, 0.5) is 13.2 Å². The fourth-order valence-electron chi connectivity index (χ4n) is 3.08. The summed E-state index contributed by atoms with van der Waals surface area (Å²) >= 11 is 0. The first-order chi connectivity index (χ1) is 13.7. The van der Waals surface area contributed by atoms with Crippen molar-refractivity contribution in [2.45, 2.75) is 63.2 Å². The number of rotatable bonds is 12. The van der Waals surface area contributed by atoms with Crippen molar-refractivity contribution < 1.29 is 32.2 Å². The molecular formula is C20H25F3N2O4. The lowest BCUT2D eigenvalue weighted by Crippen LogP contribution is -2.30. The van der Waals surface area contributed by atoms with Crippen molar-refractivity contribution >= 4 is 11.8 Å². The number of hydrogen-bond acceptors (Lipinski definition) is 6. The van der Waals surface area contributed by atoms with E-state index in [-0.39, 0.29) is 35.0 Å². The van der Waals surface area contributed by atoms with Crippen molar-refractivity contribution in [3.8, 4) is 5.75 Å². The van der Waals surface area contributed by atoms with Gasteiger partial charge >= 0.3 is 17.8 Å². The summed E-state index contributed by atoms with van der Waals surface area (Å²) in [5, 5.41) is 6.33. The number of halogens is 3. The average molecular weight is 414 g/mol. The Morgan fingerprint density at radius 3 is 2.07 bits per heavy atom. The predicted octanol–water partition coefficient (Wildman–Crippen LogP) is 5.35. The van der Waals surface area contributed by atoms with Crippen LogP contribution in [-0.4, -0.2) is 32.1 Å². The number of carbonyl (C=O) groups is 2. The van der Waals surface area contributed by atoms with Crippen LogP contribution in [0.2, 0.25) is 0 Å². The quantitative estimate of drug-likeness (QED) is 0.262. The third-order valence-corrected chi connectivity index (χ3v) is 4.86. The molecule has 1 aromatic carbocycles. The van der Waals surface area contributed by atoms with Crippen LogP contribution in [0.1, 0.15) is 67.3 Å². The lowest BCUT2D eigenvalue weighted by Gasteiger charge is -2.16. The summed E-state index contributed by atoms with van der Waals surface area (Å²) in [5.74, 6) is -0.290. The molecule has 0 spiro atoms. The van der Waals surface area contributed by atoms with Crippen LogP contribution < -0.4 is 4.74 Å². The van der Waals surface area contributed by atoms with E-state index in [0.29, 0.717) is 12.8 Å². The minimum atomic E-state index is -4.62. The molecule has 1 aromatic rings. The first kappa shape index (κ1) is 22.8. The van der Waals surface area contributed by atoms with E-state index in [1.807, 2.05) is 0 Å². The van der Waals surface area contributed by atoms with Crippen molar-refractivity contribution in [1.29, 1.82) is 0 Å². The highest BCUT2D eigenvalue weighted by Gasteiger charge is 2.65. The van der Waals surface area contributed by atoms with E-state index in [1.165, 1.54) is 32.4 Å². The van der Waals surface area contributed by atoms with Gasteiger partial charge in [-0.3, -0.25) is 9.59 Å². The molecule has 0 saturated heterocycles. The highest BCUT2D eigenvalue weighted by Crippen LogP contribution is 2.53. The molecule has 0 aliphatic carbocycles. The maximum absolute atomic E-state index is 13.1. The number of Topliss-reactive ketones (excluding diaryl/α,β-unsaturated/α-hetero) is 1. The van der Waals surface area contributed by atoms with Crippen LogP contribution in [0.15, 0.2) is 28.4 Å². The van der Waals surface area contributed by atoms with Crippen LogP contribution in [0.3, 0.4) is 0 Å². The molecule has 0 fully saturated rings. The number of ketones is 1. The van der Waals surface area contributed by atoms with Gasteiger partial charge in [-0.15, -0.1) is 10.2 Å². The lowest BCUT2D eigenvalue weighted by atomic mass is 9.97. The van der Waals surface area contributed by atoms with Gasteiger partial charge in [-0.05, 0) is 25.0 Å². The zero-order chi connectivity index (χ0) is 21.5. The van der Waals surface area contributed by atoms with E-state index >= 15 is 0 Å². The number of nitrogens with zero attached hydrogens (tertiary/aromatic N) is 2. The van der Waals surface area contributed by atoms with Crippen LogP contribution in [-0.2, 0) is 15.2 Å². The molecule has 0 bridgehead atoms. The third kappa shape index (κ3) is 5.77. The smallest absolute Gasteiger partial charge is 0.442 e. The molecule has 1 aliphatic heterocycles. The van der Waals surface area contributed by atoms with E-state index in [4.69, 9.17) is 4.74 Å². The van der Waals surface area contributed by atoms with Gasteiger partial charge in [-0.1, -0.05) is 31.7 Å². The van der Waals surface area contributed by atoms with E-state index < -0.39 is 11.8 Å². The van der Waals surface area contributed by atoms with Gasteiger partial charge in [0.2, 0.25) is 0 Å². The molecular weight excluding hydrogens is 389 g/mol. The zero-order valence-electron chi connectivity index (χ0n) is 16.6. The summed E-state index contributed by atoms with van der Waals surface area (Å²) in [4.78, 5) is 23.4. The number of unbranched alkanes of at least 4 members (excludes halogenated alkanes) is 5. The maximum atomic E-state index is 13.1. The third-order valence-electron chi connectivity index (χ3n) is 4.86. The van der Waals surface area contributed by atoms with Crippen LogP contribution in [0, 0.1) is 0 Å². The van der Waals surface area contributed by atoms with Gasteiger partial charge in [0.25, 0.3) is 0 Å². The highest BCUT2D eigenvalue weighted by molar-refractivity contribution is 5.98. The Morgan fingerprint density at radius 2 is 1.55 bits per heavy atom. The number of methoxy groups -OCH3 is 2. The van der Waals surface area contributed by atoms with Crippen molar-refractivity contribution in [2.24, 2.45) is 10.2 Å². The van der Waals surface area contributed by atoms with Crippen LogP contribution in [0.5, 0.6) is 5.75 Å². The summed E-state index contributed by atoms with van der Waals surface area (Å²) in [6.45, 7) is 0. The molecule has 1 aliphatic rings. The Hall–Kier alpha value is -2.45. The summed E-state index contributed by atoms with van der Waals surface area (Å²) in [7, 11) is 2.68. The van der Waals surface area contributed by atoms with Gasteiger partial charge < -0.3 is 9.47 Å². The van der Waals surface area contributed by atoms with Gasteiger partial charge in [-0.2, -0.15) is 13.2 Å². The minimum Gasteiger partial charge on any atom is -0.496 e. The average Bonchev–Trinajstić information content (AvgIpc) is 3.51. The fraction of sp³-hybridized carbons (Fsp3) is 0.600. The second-order valence-electron chi connectivity index (χ2n) is 6.91. The van der Waals surface area contributed by atoms with Gasteiger partial charge in [0.05, 0.1) is 19.8 Å². The Balaban J connectivity index is 1.80. The molecule has 0 unspecified atom stereocenters. The Morgan fingerprint density at radius 1 is 0.966 bits per heavy atom. The molecule has 0 atom stereocenters. The first-order valence-corrected chi connectivity index (χ1v) is 9.54. The number of ether oxygens (including phenoxy) is 2. The van der Waals surface area contributed by atoms with Gasteiger partial charge in [0, 0.05) is 18.4 Å². The molecule has 2 rings (SSSR count). The number of benzene rings is 1. The van der Waals surface area contributed by atoms with E-state index in [2.05, 4.69) is 15.0 Å². The molecule has 6 nitrogen and oxygen atoms in total. The molecule has 0 aromatic heterocycles. The van der Waals surface area contributed by atoms with Crippen molar-refractivity contribution in [2.75, 3.05) is 14.2 Å². The number of carbonyl (C=O) groups excluding carboxylic acids is 2. The van der Waals surface area contributed by atoms with Crippen LogP contribution >= 0.6 is 0 Å². The molecule has 160 valence electrons. The Labute approximate surface area is 167 Å². The Kier molecular flexibility index (Phi) is 7.75. The summed E-state index contributed by atoms with van der Waals surface area (Å²) in [5.41, 5.74) is -2.44. The Bertz CT molecular complexity index is 757. The zero-order valence-corrected chi connectivity index (χ0v) is 16.6. The molecule has 0 amide bonds. The second kappa shape index (κ2) is 9.84. The summed E-state index contributed by atoms with van der Waals surface area (Å²) in [6.07, 6.45) is 1.25. The molecule has 0 N–H and O–H groups in total. The van der Waals surface area contributed by atoms with E-state index in [9.17, 15) is 22.8 Å². The minimum absolute atomic E-state index is 0.0937. The SMILES string of the molecule is COC(=O)CCCCCCCCC(=O)c1ccc(C2(C(F)(F)F)N=N2)cc1OC. The molecule has 0 saturated carbocycles. The van der Waals surface area contributed by atoms with E-state index in [0.717, 1.165) is 32.1 Å². The molecule has 0 radical (unpaired) electrons. The van der Waals surface area contributed by atoms with Crippen molar-refractivity contribution in [3.05, 3.63) is 29.3 Å². The summed E-state index contributed by atoms with van der Waals surface area (Å²) in [6, 6.07) is 3.76. The first-order valence-electron chi connectivity index (χ1n) is 9.54. The molecule has 1 heterocycles. The number of hydrogen-bond donors (Lipinski definition) is 0. The van der Waals surface area contributed by atoms with Gasteiger partial charge in [0.1, 0.15) is 5.75 Å². The maximum Gasteiger partial charge on any atom is 0.442 e. The van der Waals surface area contributed by atoms with Gasteiger partial charge in [0.15, 0.2) is 5.78 Å².